The molecule has 21 heavy (non-hydrogen) atoms. The molecule has 110 valence electrons. The second kappa shape index (κ2) is 5.33. The summed E-state index contributed by atoms with van der Waals surface area (Å²) in [5, 5.41) is 4.03. The van der Waals surface area contributed by atoms with E-state index in [1.807, 2.05) is 18.2 Å². The minimum atomic E-state index is -0.561. The van der Waals surface area contributed by atoms with Gasteiger partial charge in [-0.25, -0.2) is 4.79 Å². The molecule has 2 aromatic rings. The lowest BCUT2D eigenvalue weighted by Gasteiger charge is -2.24. The molecule has 0 saturated carbocycles. The number of para-hydroxylation sites is 1. The zero-order valence-electron chi connectivity index (χ0n) is 12.2. The van der Waals surface area contributed by atoms with Gasteiger partial charge in [0.05, 0.1) is 0 Å². The average Bonchev–Trinajstić information content (AvgIpc) is 3.00. The van der Waals surface area contributed by atoms with E-state index in [-0.39, 0.29) is 17.5 Å². The third kappa shape index (κ3) is 2.34. The van der Waals surface area contributed by atoms with E-state index in [9.17, 15) is 9.59 Å². The first-order valence-corrected chi connectivity index (χ1v) is 7.10. The maximum absolute atomic E-state index is 12.7. The number of benzene rings is 1. The molecule has 3 rings (SSSR count). The van der Waals surface area contributed by atoms with Crippen LogP contribution < -0.4 is 10.9 Å². The fourth-order valence-electron chi connectivity index (χ4n) is 2.86. The van der Waals surface area contributed by atoms with Gasteiger partial charge in [0.2, 0.25) is 0 Å². The Morgan fingerprint density at radius 3 is 2.86 bits per heavy atom. The second-order valence-electron chi connectivity index (χ2n) is 5.45. The first-order chi connectivity index (χ1) is 10.1. The molecule has 1 aromatic heterocycles. The zero-order chi connectivity index (χ0) is 15.0. The predicted molar refractivity (Wildman–Crippen MR) is 80.6 cm³/mol. The number of hydrogen-bond acceptors (Lipinski definition) is 4. The summed E-state index contributed by atoms with van der Waals surface area (Å²) in [4.78, 5) is 26.5. The van der Waals surface area contributed by atoms with Crippen LogP contribution in [-0.2, 0) is 0 Å². The van der Waals surface area contributed by atoms with Gasteiger partial charge in [-0.1, -0.05) is 18.2 Å². The molecule has 1 saturated heterocycles. The molecular formula is C16H18N2O3. The Bertz CT molecular complexity index is 745. The van der Waals surface area contributed by atoms with E-state index < -0.39 is 5.63 Å². The van der Waals surface area contributed by atoms with E-state index in [2.05, 4.69) is 5.32 Å². The largest absolute Gasteiger partial charge is 0.422 e. The van der Waals surface area contributed by atoms with Crippen LogP contribution in [0.15, 0.2) is 33.5 Å². The van der Waals surface area contributed by atoms with Crippen molar-refractivity contribution in [3.05, 3.63) is 45.8 Å². The van der Waals surface area contributed by atoms with Crippen molar-refractivity contribution in [3.8, 4) is 0 Å². The van der Waals surface area contributed by atoms with E-state index in [4.69, 9.17) is 4.42 Å². The van der Waals surface area contributed by atoms with Crippen LogP contribution >= 0.6 is 0 Å². The molecule has 1 N–H and O–H groups in total. The van der Waals surface area contributed by atoms with Crippen molar-refractivity contribution in [3.63, 3.8) is 0 Å². The molecule has 1 atom stereocenters. The average molecular weight is 286 g/mol. The molecule has 0 aliphatic carbocycles. The number of hydrogen-bond donors (Lipinski definition) is 1. The molecule has 1 unspecified atom stereocenters. The van der Waals surface area contributed by atoms with E-state index >= 15 is 0 Å². The van der Waals surface area contributed by atoms with Gasteiger partial charge in [0.25, 0.3) is 5.91 Å². The lowest BCUT2D eigenvalue weighted by atomic mass is 10.0. The summed E-state index contributed by atoms with van der Waals surface area (Å²) in [6, 6.07) is 7.41. The molecule has 5 heteroatoms. The standard InChI is InChI=1S/C16H18N2O3/c1-10-12-5-3-4-6-13(12)21-16(20)14(10)15(19)18(2)11-7-8-17-9-11/h3-6,11,17H,7-9H2,1-2H3. The third-order valence-electron chi connectivity index (χ3n) is 4.19. The van der Waals surface area contributed by atoms with Crippen LogP contribution in [0.25, 0.3) is 11.0 Å². The molecule has 5 nitrogen and oxygen atoms in total. The van der Waals surface area contributed by atoms with Gasteiger partial charge in [-0.3, -0.25) is 4.79 Å². The van der Waals surface area contributed by atoms with Crippen molar-refractivity contribution in [2.45, 2.75) is 19.4 Å². The SMILES string of the molecule is Cc1c(C(=O)N(C)C2CCNC2)c(=O)oc2ccccc12. The number of aryl methyl sites for hydroxylation is 1. The summed E-state index contributed by atoms with van der Waals surface area (Å²) in [6.07, 6.45) is 0.903. The Balaban J connectivity index is 2.07. The first kappa shape index (κ1) is 13.8. The van der Waals surface area contributed by atoms with Crippen molar-refractivity contribution in [1.82, 2.24) is 10.2 Å². The van der Waals surface area contributed by atoms with Crippen molar-refractivity contribution in [2.75, 3.05) is 20.1 Å². The highest BCUT2D eigenvalue weighted by Crippen LogP contribution is 2.20. The monoisotopic (exact) mass is 286 g/mol. The number of amides is 1. The lowest BCUT2D eigenvalue weighted by Crippen LogP contribution is -2.40. The topological polar surface area (TPSA) is 62.6 Å². The van der Waals surface area contributed by atoms with Gasteiger partial charge in [0, 0.05) is 25.0 Å². The molecule has 0 radical (unpaired) electrons. The maximum atomic E-state index is 12.7. The van der Waals surface area contributed by atoms with E-state index in [1.165, 1.54) is 0 Å². The lowest BCUT2D eigenvalue weighted by molar-refractivity contribution is 0.0739. The number of carbonyl (C=O) groups is 1. The molecule has 1 fully saturated rings. The van der Waals surface area contributed by atoms with Crippen LogP contribution in [0.4, 0.5) is 0 Å². The highest BCUT2D eigenvalue weighted by atomic mass is 16.4. The Hall–Kier alpha value is -2.14. The molecule has 2 heterocycles. The minimum Gasteiger partial charge on any atom is -0.422 e. The smallest absolute Gasteiger partial charge is 0.349 e. The highest BCUT2D eigenvalue weighted by Gasteiger charge is 2.28. The fraction of sp³-hybridized carbons (Fsp3) is 0.375. The Morgan fingerprint density at radius 1 is 1.38 bits per heavy atom. The van der Waals surface area contributed by atoms with Gasteiger partial charge in [-0.05, 0) is 31.5 Å². The summed E-state index contributed by atoms with van der Waals surface area (Å²) in [6.45, 7) is 3.46. The predicted octanol–water partition coefficient (Wildman–Crippen LogP) is 1.54. The van der Waals surface area contributed by atoms with Crippen molar-refractivity contribution in [1.29, 1.82) is 0 Å². The number of fused-ring (bicyclic) bond motifs is 1. The number of nitrogens with zero attached hydrogens (tertiary/aromatic N) is 1. The number of nitrogens with one attached hydrogen (secondary N) is 1. The summed E-state index contributed by atoms with van der Waals surface area (Å²) in [7, 11) is 1.74. The van der Waals surface area contributed by atoms with Crippen molar-refractivity contribution >= 4 is 16.9 Å². The summed E-state index contributed by atoms with van der Waals surface area (Å²) in [5.74, 6) is -0.263. The van der Waals surface area contributed by atoms with Crippen molar-refractivity contribution < 1.29 is 9.21 Å². The fourth-order valence-corrected chi connectivity index (χ4v) is 2.86. The zero-order valence-corrected chi connectivity index (χ0v) is 12.2. The Labute approximate surface area is 122 Å². The molecule has 0 spiro atoms. The van der Waals surface area contributed by atoms with Crippen LogP contribution in [0.1, 0.15) is 22.3 Å². The number of rotatable bonds is 2. The maximum Gasteiger partial charge on any atom is 0.349 e. The highest BCUT2D eigenvalue weighted by molar-refractivity contribution is 5.99. The molecule has 0 bridgehead atoms. The Morgan fingerprint density at radius 2 is 2.14 bits per heavy atom. The van der Waals surface area contributed by atoms with Gasteiger partial charge >= 0.3 is 5.63 Å². The van der Waals surface area contributed by atoms with Crippen LogP contribution in [-0.4, -0.2) is 37.0 Å². The molecule has 1 aliphatic rings. The quantitative estimate of drug-likeness (QED) is 0.851. The van der Waals surface area contributed by atoms with E-state index in [1.54, 1.807) is 24.9 Å². The summed E-state index contributed by atoms with van der Waals surface area (Å²) in [5.41, 5.74) is 0.781. The molecular weight excluding hydrogens is 268 g/mol. The van der Waals surface area contributed by atoms with Gasteiger partial charge in [-0.15, -0.1) is 0 Å². The van der Waals surface area contributed by atoms with Crippen LogP contribution in [0.5, 0.6) is 0 Å². The normalized spacial score (nSPS) is 18.1. The minimum absolute atomic E-state index is 0.128. The van der Waals surface area contributed by atoms with Gasteiger partial charge in [0.15, 0.2) is 0 Å². The molecule has 1 aliphatic heterocycles. The van der Waals surface area contributed by atoms with Crippen molar-refractivity contribution in [2.24, 2.45) is 0 Å². The first-order valence-electron chi connectivity index (χ1n) is 7.10. The van der Waals surface area contributed by atoms with E-state index in [0.29, 0.717) is 11.1 Å². The van der Waals surface area contributed by atoms with Gasteiger partial charge in [-0.2, -0.15) is 0 Å². The van der Waals surface area contributed by atoms with Crippen LogP contribution in [0.2, 0.25) is 0 Å². The van der Waals surface area contributed by atoms with Crippen LogP contribution in [0, 0.1) is 6.92 Å². The van der Waals surface area contributed by atoms with Crippen LogP contribution in [0.3, 0.4) is 0 Å². The third-order valence-corrected chi connectivity index (χ3v) is 4.19. The van der Waals surface area contributed by atoms with Gasteiger partial charge in [0.1, 0.15) is 11.1 Å². The second-order valence-corrected chi connectivity index (χ2v) is 5.45. The number of likely N-dealkylation sites (N-methyl/N-ethyl adjacent to an activating group) is 1. The summed E-state index contributed by atoms with van der Waals surface area (Å²) >= 11 is 0. The summed E-state index contributed by atoms with van der Waals surface area (Å²) < 4.78 is 5.29. The number of carbonyl (C=O) groups excluding carboxylic acids is 1. The molecule has 1 aromatic carbocycles. The van der Waals surface area contributed by atoms with E-state index in [0.717, 1.165) is 24.9 Å². The molecule has 1 amide bonds. The Kier molecular flexibility index (Phi) is 3.51. The van der Waals surface area contributed by atoms with Gasteiger partial charge < -0.3 is 14.6 Å².